The van der Waals surface area contributed by atoms with Gasteiger partial charge in [-0.1, -0.05) is 15.9 Å². The highest BCUT2D eigenvalue weighted by atomic mass is 79.9. The number of carbonyl (C=O) groups is 1. The first-order chi connectivity index (χ1) is 8.22. The molecule has 1 aromatic carbocycles. The number of amides is 1. The van der Waals surface area contributed by atoms with E-state index in [4.69, 9.17) is 10.00 Å². The Labute approximate surface area is 108 Å². The second-order valence-electron chi connectivity index (χ2n) is 3.71. The summed E-state index contributed by atoms with van der Waals surface area (Å²) in [6.45, 7) is 0.625. The van der Waals surface area contributed by atoms with Gasteiger partial charge in [0.05, 0.1) is 11.8 Å². The molecule has 0 N–H and O–H groups in total. The lowest BCUT2D eigenvalue weighted by molar-refractivity contribution is -0.121. The number of rotatable bonds is 3. The molecule has 4 nitrogen and oxygen atoms in total. The standard InChI is InChI=1S/C12H11BrN2O2/c13-9-3-4-10-11(7-9)17-8-12(16)15(10)6-2-1-5-14/h3-4,7H,1-2,6,8H2. The normalized spacial score (nSPS) is 13.9. The number of fused-ring (bicyclic) bond motifs is 1. The van der Waals surface area contributed by atoms with Gasteiger partial charge in [0, 0.05) is 17.4 Å². The molecule has 0 radical (unpaired) electrons. The molecule has 0 bridgehead atoms. The minimum absolute atomic E-state index is 0.0576. The van der Waals surface area contributed by atoms with Gasteiger partial charge in [-0.2, -0.15) is 5.26 Å². The summed E-state index contributed by atoms with van der Waals surface area (Å²) in [5.74, 6) is 0.647. The summed E-state index contributed by atoms with van der Waals surface area (Å²) < 4.78 is 6.29. The van der Waals surface area contributed by atoms with Gasteiger partial charge in [-0.15, -0.1) is 0 Å². The van der Waals surface area contributed by atoms with Crippen LogP contribution in [0.5, 0.6) is 5.75 Å². The molecule has 1 aliphatic rings. The van der Waals surface area contributed by atoms with E-state index in [1.165, 1.54) is 0 Å². The number of hydrogen-bond donors (Lipinski definition) is 0. The van der Waals surface area contributed by atoms with Crippen molar-refractivity contribution in [1.29, 1.82) is 5.26 Å². The Kier molecular flexibility index (Phi) is 3.64. The number of ether oxygens (including phenoxy) is 1. The number of nitrogens with zero attached hydrogens (tertiary/aromatic N) is 2. The van der Waals surface area contributed by atoms with E-state index in [1.807, 2.05) is 18.2 Å². The fourth-order valence-corrected chi connectivity index (χ4v) is 2.08. The highest BCUT2D eigenvalue weighted by Crippen LogP contribution is 2.34. The molecule has 88 valence electrons. The maximum absolute atomic E-state index is 11.7. The van der Waals surface area contributed by atoms with Crippen LogP contribution >= 0.6 is 15.9 Å². The number of unbranched alkanes of at least 4 members (excludes halogenated alkanes) is 1. The molecule has 0 aliphatic carbocycles. The van der Waals surface area contributed by atoms with Crippen LogP contribution in [0.3, 0.4) is 0 Å². The van der Waals surface area contributed by atoms with Crippen LogP contribution < -0.4 is 9.64 Å². The summed E-state index contributed by atoms with van der Waals surface area (Å²) >= 11 is 3.36. The van der Waals surface area contributed by atoms with Crippen LogP contribution in [0, 0.1) is 11.3 Å². The van der Waals surface area contributed by atoms with Crippen molar-refractivity contribution in [2.75, 3.05) is 18.1 Å². The second kappa shape index (κ2) is 5.19. The third-order valence-corrected chi connectivity index (χ3v) is 3.03. The van der Waals surface area contributed by atoms with Crippen molar-refractivity contribution in [2.24, 2.45) is 0 Å². The van der Waals surface area contributed by atoms with Gasteiger partial charge in [0.25, 0.3) is 5.91 Å². The molecule has 0 unspecified atom stereocenters. The summed E-state index contributed by atoms with van der Waals surface area (Å²) in [5.41, 5.74) is 0.780. The van der Waals surface area contributed by atoms with Gasteiger partial charge >= 0.3 is 0 Å². The molecule has 0 atom stereocenters. The molecule has 0 spiro atoms. The molecule has 2 rings (SSSR count). The van der Waals surface area contributed by atoms with Crippen molar-refractivity contribution < 1.29 is 9.53 Å². The lowest BCUT2D eigenvalue weighted by Crippen LogP contribution is -2.39. The molecule has 5 heteroatoms. The highest BCUT2D eigenvalue weighted by Gasteiger charge is 2.24. The molecule has 1 aliphatic heterocycles. The smallest absolute Gasteiger partial charge is 0.265 e. The van der Waals surface area contributed by atoms with E-state index < -0.39 is 0 Å². The van der Waals surface area contributed by atoms with E-state index in [0.29, 0.717) is 25.1 Å². The first-order valence-electron chi connectivity index (χ1n) is 5.32. The summed E-state index contributed by atoms with van der Waals surface area (Å²) in [6.07, 6.45) is 1.13. The summed E-state index contributed by atoms with van der Waals surface area (Å²) in [4.78, 5) is 13.4. The zero-order valence-corrected chi connectivity index (χ0v) is 10.7. The van der Waals surface area contributed by atoms with Crippen molar-refractivity contribution in [3.05, 3.63) is 22.7 Å². The fourth-order valence-electron chi connectivity index (χ4n) is 1.74. The van der Waals surface area contributed by atoms with E-state index in [-0.39, 0.29) is 12.5 Å². The Balaban J connectivity index is 2.21. The number of carbonyl (C=O) groups excluding carboxylic acids is 1. The summed E-state index contributed by atoms with van der Waals surface area (Å²) in [7, 11) is 0. The largest absolute Gasteiger partial charge is 0.482 e. The average molecular weight is 295 g/mol. The van der Waals surface area contributed by atoms with Crippen LogP contribution in [-0.4, -0.2) is 19.1 Å². The van der Waals surface area contributed by atoms with Crippen molar-refractivity contribution in [3.63, 3.8) is 0 Å². The summed E-state index contributed by atoms with van der Waals surface area (Å²) in [6, 6.07) is 7.65. The molecule has 0 saturated heterocycles. The Morgan fingerprint density at radius 2 is 2.35 bits per heavy atom. The maximum Gasteiger partial charge on any atom is 0.265 e. The zero-order chi connectivity index (χ0) is 12.3. The number of halogens is 1. The number of nitriles is 1. The van der Waals surface area contributed by atoms with E-state index in [2.05, 4.69) is 22.0 Å². The van der Waals surface area contributed by atoms with Gasteiger partial charge in [-0.25, -0.2) is 0 Å². The molecule has 0 saturated carbocycles. The Bertz CT molecular complexity index is 482. The van der Waals surface area contributed by atoms with E-state index in [1.54, 1.807) is 4.90 Å². The minimum atomic E-state index is -0.0576. The van der Waals surface area contributed by atoms with E-state index >= 15 is 0 Å². The predicted octanol–water partition coefficient (Wildman–Crippen LogP) is 2.48. The zero-order valence-electron chi connectivity index (χ0n) is 9.15. The minimum Gasteiger partial charge on any atom is -0.482 e. The van der Waals surface area contributed by atoms with Gasteiger partial charge in [0.2, 0.25) is 0 Å². The Morgan fingerprint density at radius 3 is 3.12 bits per heavy atom. The molecule has 1 heterocycles. The van der Waals surface area contributed by atoms with Crippen LogP contribution in [0.2, 0.25) is 0 Å². The SMILES string of the molecule is N#CCCCN1C(=O)COc2cc(Br)ccc21. The van der Waals surface area contributed by atoms with Crippen molar-refractivity contribution >= 4 is 27.5 Å². The molecule has 0 fully saturated rings. The highest BCUT2D eigenvalue weighted by molar-refractivity contribution is 9.10. The number of benzene rings is 1. The summed E-state index contributed by atoms with van der Waals surface area (Å²) in [5, 5.41) is 8.51. The number of hydrogen-bond acceptors (Lipinski definition) is 3. The van der Waals surface area contributed by atoms with Gasteiger partial charge < -0.3 is 9.64 Å². The van der Waals surface area contributed by atoms with Crippen LogP contribution in [0.25, 0.3) is 0 Å². The lowest BCUT2D eigenvalue weighted by Gasteiger charge is -2.29. The fraction of sp³-hybridized carbons (Fsp3) is 0.333. The van der Waals surface area contributed by atoms with E-state index in [0.717, 1.165) is 10.2 Å². The van der Waals surface area contributed by atoms with Crippen LogP contribution in [-0.2, 0) is 4.79 Å². The maximum atomic E-state index is 11.7. The van der Waals surface area contributed by atoms with Crippen LogP contribution in [0.15, 0.2) is 22.7 Å². The van der Waals surface area contributed by atoms with Gasteiger partial charge in [-0.05, 0) is 24.6 Å². The van der Waals surface area contributed by atoms with Gasteiger partial charge in [-0.3, -0.25) is 4.79 Å². The third-order valence-electron chi connectivity index (χ3n) is 2.54. The Hall–Kier alpha value is -1.54. The molecule has 0 aromatic heterocycles. The van der Waals surface area contributed by atoms with Gasteiger partial charge in [0.1, 0.15) is 5.75 Å². The van der Waals surface area contributed by atoms with E-state index in [9.17, 15) is 4.79 Å². The van der Waals surface area contributed by atoms with Gasteiger partial charge in [0.15, 0.2) is 6.61 Å². The van der Waals surface area contributed by atoms with Crippen molar-refractivity contribution in [1.82, 2.24) is 0 Å². The van der Waals surface area contributed by atoms with Crippen LogP contribution in [0.1, 0.15) is 12.8 Å². The monoisotopic (exact) mass is 294 g/mol. The quantitative estimate of drug-likeness (QED) is 0.805. The molecular formula is C12H11BrN2O2. The first-order valence-corrected chi connectivity index (χ1v) is 6.11. The van der Waals surface area contributed by atoms with Crippen molar-refractivity contribution in [3.8, 4) is 11.8 Å². The molecule has 1 aromatic rings. The second-order valence-corrected chi connectivity index (χ2v) is 4.62. The molecule has 17 heavy (non-hydrogen) atoms. The predicted molar refractivity (Wildman–Crippen MR) is 66.8 cm³/mol. The van der Waals surface area contributed by atoms with Crippen LogP contribution in [0.4, 0.5) is 5.69 Å². The number of anilines is 1. The lowest BCUT2D eigenvalue weighted by atomic mass is 10.2. The third kappa shape index (κ3) is 2.59. The first kappa shape index (κ1) is 11.9. The molecular weight excluding hydrogens is 284 g/mol. The van der Waals surface area contributed by atoms with Crippen molar-refractivity contribution in [2.45, 2.75) is 12.8 Å². The topological polar surface area (TPSA) is 53.3 Å². The average Bonchev–Trinajstić information content (AvgIpc) is 2.32. The Morgan fingerprint density at radius 1 is 1.53 bits per heavy atom. The molecule has 1 amide bonds.